The predicted molar refractivity (Wildman–Crippen MR) is 103 cm³/mol. The molecule has 2 aromatic rings. The minimum atomic E-state index is -4.69. The lowest BCUT2D eigenvalue weighted by Crippen LogP contribution is -2.46. The molecule has 0 radical (unpaired) electrons. The van der Waals surface area contributed by atoms with Gasteiger partial charge in [0.15, 0.2) is 10.7 Å². The highest BCUT2D eigenvalue weighted by atomic mass is 32.2. The van der Waals surface area contributed by atoms with Crippen LogP contribution < -0.4 is 4.90 Å². The van der Waals surface area contributed by atoms with Crippen molar-refractivity contribution in [3.05, 3.63) is 35.8 Å². The first-order chi connectivity index (χ1) is 13.3. The topological polar surface area (TPSA) is 68.1 Å². The molecular weight excluding hydrogens is 405 g/mol. The van der Waals surface area contributed by atoms with Crippen LogP contribution in [0.5, 0.6) is 0 Å². The number of aryl methyl sites for hydroxylation is 2. The summed E-state index contributed by atoms with van der Waals surface area (Å²) in [7, 11) is -2.80. The SMILES string of the molecule is Cc1ccc(N2CCC(C(C)(C)S(=O)(=O)c3cc(C(F)(F)F)nn3C)CC2)cn1. The fourth-order valence-corrected chi connectivity index (χ4v) is 5.68. The summed E-state index contributed by atoms with van der Waals surface area (Å²) in [5, 5.41) is 2.96. The van der Waals surface area contributed by atoms with E-state index in [9.17, 15) is 21.6 Å². The molecule has 0 bridgehead atoms. The number of aromatic nitrogens is 3. The Hall–Kier alpha value is -2.10. The highest BCUT2D eigenvalue weighted by Gasteiger charge is 2.46. The van der Waals surface area contributed by atoms with Gasteiger partial charge in [0.2, 0.25) is 9.84 Å². The fourth-order valence-electron chi connectivity index (χ4n) is 3.81. The van der Waals surface area contributed by atoms with Gasteiger partial charge in [0.1, 0.15) is 0 Å². The van der Waals surface area contributed by atoms with Crippen molar-refractivity contribution in [2.45, 2.75) is 49.6 Å². The van der Waals surface area contributed by atoms with Gasteiger partial charge in [-0.05, 0) is 51.7 Å². The first kappa shape index (κ1) is 21.6. The number of hydrogen-bond donors (Lipinski definition) is 0. The van der Waals surface area contributed by atoms with Crippen LogP contribution in [0.4, 0.5) is 18.9 Å². The Balaban J connectivity index is 1.80. The van der Waals surface area contributed by atoms with Crippen LogP contribution in [0, 0.1) is 12.8 Å². The van der Waals surface area contributed by atoms with Crippen LogP contribution in [0.3, 0.4) is 0 Å². The van der Waals surface area contributed by atoms with Crippen molar-refractivity contribution in [2.24, 2.45) is 13.0 Å². The van der Waals surface area contributed by atoms with Crippen molar-refractivity contribution in [1.29, 1.82) is 0 Å². The number of pyridine rings is 1. The van der Waals surface area contributed by atoms with E-state index in [0.29, 0.717) is 32.0 Å². The zero-order chi connectivity index (χ0) is 21.6. The van der Waals surface area contributed by atoms with Gasteiger partial charge in [0, 0.05) is 31.9 Å². The number of sulfone groups is 1. The number of rotatable bonds is 4. The maximum Gasteiger partial charge on any atom is 0.435 e. The maximum atomic E-state index is 13.3. The Morgan fingerprint density at radius 2 is 1.76 bits per heavy atom. The van der Waals surface area contributed by atoms with Crippen LogP contribution in [0.15, 0.2) is 29.4 Å². The molecule has 0 amide bonds. The second-order valence-electron chi connectivity index (χ2n) is 8.02. The van der Waals surface area contributed by atoms with Crippen LogP contribution in [-0.4, -0.2) is 41.0 Å². The van der Waals surface area contributed by atoms with Crippen LogP contribution in [-0.2, 0) is 23.1 Å². The Bertz CT molecular complexity index is 974. The van der Waals surface area contributed by atoms with Gasteiger partial charge in [0.05, 0.1) is 16.6 Å². The van der Waals surface area contributed by atoms with E-state index < -0.39 is 31.5 Å². The summed E-state index contributed by atoms with van der Waals surface area (Å²) in [6, 6.07) is 4.54. The van der Waals surface area contributed by atoms with Gasteiger partial charge in [-0.15, -0.1) is 0 Å². The number of anilines is 1. The summed E-state index contributed by atoms with van der Waals surface area (Å²) < 4.78 is 65.0. The van der Waals surface area contributed by atoms with Crippen molar-refractivity contribution in [3.63, 3.8) is 0 Å². The van der Waals surface area contributed by atoms with Crippen molar-refractivity contribution in [2.75, 3.05) is 18.0 Å². The third-order valence-electron chi connectivity index (χ3n) is 5.83. The van der Waals surface area contributed by atoms with Crippen LogP contribution in [0.2, 0.25) is 0 Å². The molecule has 6 nitrogen and oxygen atoms in total. The van der Waals surface area contributed by atoms with E-state index in [2.05, 4.69) is 15.0 Å². The van der Waals surface area contributed by atoms with E-state index in [4.69, 9.17) is 0 Å². The lowest BCUT2D eigenvalue weighted by atomic mass is 9.85. The molecule has 3 heterocycles. The summed E-state index contributed by atoms with van der Waals surface area (Å²) in [4.78, 5) is 6.44. The number of halogens is 3. The third-order valence-corrected chi connectivity index (χ3v) is 8.49. The van der Waals surface area contributed by atoms with E-state index in [1.54, 1.807) is 20.0 Å². The van der Waals surface area contributed by atoms with E-state index >= 15 is 0 Å². The molecule has 1 saturated heterocycles. The Morgan fingerprint density at radius 3 is 2.24 bits per heavy atom. The van der Waals surface area contributed by atoms with E-state index in [1.165, 1.54) is 7.05 Å². The third kappa shape index (κ3) is 3.99. The van der Waals surface area contributed by atoms with Crippen molar-refractivity contribution in [3.8, 4) is 0 Å². The lowest BCUT2D eigenvalue weighted by Gasteiger charge is -2.40. The van der Waals surface area contributed by atoms with Crippen molar-refractivity contribution < 1.29 is 21.6 Å². The molecule has 0 spiro atoms. The summed E-state index contributed by atoms with van der Waals surface area (Å²) >= 11 is 0. The molecule has 2 aromatic heterocycles. The van der Waals surface area contributed by atoms with E-state index in [0.717, 1.165) is 16.1 Å². The monoisotopic (exact) mass is 430 g/mol. The van der Waals surface area contributed by atoms with Gasteiger partial charge < -0.3 is 4.90 Å². The van der Waals surface area contributed by atoms with Gasteiger partial charge >= 0.3 is 6.18 Å². The Labute approximate surface area is 168 Å². The molecule has 3 rings (SSSR count). The normalized spacial score (nSPS) is 17.0. The van der Waals surface area contributed by atoms with E-state index in [-0.39, 0.29) is 5.92 Å². The van der Waals surface area contributed by atoms with E-state index in [1.807, 2.05) is 19.1 Å². The lowest BCUT2D eigenvalue weighted by molar-refractivity contribution is -0.141. The average Bonchev–Trinajstić information content (AvgIpc) is 3.05. The standard InChI is InChI=1S/C19H25F3N4O2S/c1-13-5-6-15(12-23-13)26-9-7-14(8-10-26)18(2,3)29(27,28)17-11-16(19(20,21)22)24-25(17)4/h5-6,11-12,14H,7-10H2,1-4H3. The maximum absolute atomic E-state index is 13.3. The quantitative estimate of drug-likeness (QED) is 0.741. The Kier molecular flexibility index (Phi) is 5.44. The number of piperidine rings is 1. The van der Waals surface area contributed by atoms with Gasteiger partial charge in [-0.1, -0.05) is 0 Å². The molecule has 29 heavy (non-hydrogen) atoms. The second-order valence-corrected chi connectivity index (χ2v) is 10.5. The zero-order valence-electron chi connectivity index (χ0n) is 16.9. The number of hydrogen-bond acceptors (Lipinski definition) is 5. The molecule has 1 fully saturated rings. The summed E-state index contributed by atoms with van der Waals surface area (Å²) in [5.41, 5.74) is 0.706. The summed E-state index contributed by atoms with van der Waals surface area (Å²) in [6.45, 7) is 6.42. The largest absolute Gasteiger partial charge is 0.435 e. The van der Waals surface area contributed by atoms with Crippen LogP contribution in [0.25, 0.3) is 0 Å². The molecular formula is C19H25F3N4O2S. The van der Waals surface area contributed by atoms with Gasteiger partial charge in [-0.25, -0.2) is 8.42 Å². The highest BCUT2D eigenvalue weighted by Crippen LogP contribution is 2.40. The van der Waals surface area contributed by atoms with Gasteiger partial charge in [-0.2, -0.15) is 18.3 Å². The van der Waals surface area contributed by atoms with Gasteiger partial charge in [-0.3, -0.25) is 9.67 Å². The van der Waals surface area contributed by atoms with Gasteiger partial charge in [0.25, 0.3) is 0 Å². The minimum absolute atomic E-state index is 0.189. The smallest absolute Gasteiger partial charge is 0.370 e. The molecule has 0 aliphatic carbocycles. The molecule has 0 atom stereocenters. The predicted octanol–water partition coefficient (Wildman–Crippen LogP) is 3.61. The van der Waals surface area contributed by atoms with Crippen molar-refractivity contribution in [1.82, 2.24) is 14.8 Å². The van der Waals surface area contributed by atoms with Crippen LogP contribution in [0.1, 0.15) is 38.1 Å². The van der Waals surface area contributed by atoms with Crippen molar-refractivity contribution >= 4 is 15.5 Å². The fraction of sp³-hybridized carbons (Fsp3) is 0.579. The molecule has 160 valence electrons. The molecule has 0 unspecified atom stereocenters. The first-order valence-corrected chi connectivity index (χ1v) is 10.9. The molecule has 1 aliphatic rings. The number of alkyl halides is 3. The minimum Gasteiger partial charge on any atom is -0.370 e. The molecule has 0 aromatic carbocycles. The molecule has 0 saturated carbocycles. The first-order valence-electron chi connectivity index (χ1n) is 9.37. The molecule has 0 N–H and O–H groups in total. The molecule has 1 aliphatic heterocycles. The van der Waals surface area contributed by atoms with Crippen LogP contribution >= 0.6 is 0 Å². The zero-order valence-corrected chi connectivity index (χ0v) is 17.7. The Morgan fingerprint density at radius 1 is 1.14 bits per heavy atom. The molecule has 10 heteroatoms. The highest BCUT2D eigenvalue weighted by molar-refractivity contribution is 7.92. The summed E-state index contributed by atoms with van der Waals surface area (Å²) in [6.07, 6.45) is -1.66. The average molecular weight is 430 g/mol. The number of nitrogens with zero attached hydrogens (tertiary/aromatic N) is 4. The second kappa shape index (κ2) is 7.30. The summed E-state index contributed by atoms with van der Waals surface area (Å²) in [5.74, 6) is -0.189.